The lowest BCUT2D eigenvalue weighted by Gasteiger charge is -2.19. The fourth-order valence-electron chi connectivity index (χ4n) is 3.05. The number of nitrogens with two attached hydrogens (primary N) is 1. The molecule has 1 aromatic carbocycles. The number of rotatable bonds is 9. The minimum Gasteiger partial charge on any atom is -0.348 e. The summed E-state index contributed by atoms with van der Waals surface area (Å²) in [5, 5.41) is 7.43. The van der Waals surface area contributed by atoms with E-state index in [0.29, 0.717) is 6.04 Å². The Balaban J connectivity index is 1.72. The molecule has 4 heteroatoms. The molecule has 1 amide bonds. The molecule has 1 fully saturated rings. The summed E-state index contributed by atoms with van der Waals surface area (Å²) in [7, 11) is 0. The Hall–Kier alpha value is -1.65. The van der Waals surface area contributed by atoms with Crippen molar-refractivity contribution >= 4 is 17.2 Å². The average Bonchev–Trinajstić information content (AvgIpc) is 3.27. The summed E-state index contributed by atoms with van der Waals surface area (Å²) >= 11 is 1.76. The van der Waals surface area contributed by atoms with Gasteiger partial charge in [0.05, 0.1) is 4.88 Å². The van der Waals surface area contributed by atoms with Gasteiger partial charge in [0.1, 0.15) is 6.04 Å². The third-order valence-corrected chi connectivity index (χ3v) is 5.78. The van der Waals surface area contributed by atoms with E-state index >= 15 is 0 Å². The molecule has 1 aliphatic rings. The molecule has 3 rings (SSSR count). The third-order valence-electron chi connectivity index (χ3n) is 4.83. The van der Waals surface area contributed by atoms with E-state index < -0.39 is 0 Å². The van der Waals surface area contributed by atoms with Crippen LogP contribution < -0.4 is 10.6 Å². The van der Waals surface area contributed by atoms with Gasteiger partial charge in [-0.1, -0.05) is 43.7 Å². The molecule has 1 aromatic heterocycles. The highest BCUT2D eigenvalue weighted by molar-refractivity contribution is 7.10. The van der Waals surface area contributed by atoms with Crippen molar-refractivity contribution in [2.24, 2.45) is 0 Å². The van der Waals surface area contributed by atoms with Crippen LogP contribution in [0.25, 0.3) is 0 Å². The van der Waals surface area contributed by atoms with Crippen LogP contribution in [0.2, 0.25) is 0 Å². The Morgan fingerprint density at radius 2 is 2.04 bits per heavy atom. The summed E-state index contributed by atoms with van der Waals surface area (Å²) in [6.07, 6.45) is 5.86. The van der Waals surface area contributed by atoms with Gasteiger partial charge in [0.25, 0.3) is 5.91 Å². The lowest BCUT2D eigenvalue weighted by molar-refractivity contribution is -0.704. The number of hydrogen-bond acceptors (Lipinski definition) is 2. The Labute approximate surface area is 154 Å². The quantitative estimate of drug-likeness (QED) is 0.710. The largest absolute Gasteiger partial charge is 0.348 e. The van der Waals surface area contributed by atoms with E-state index in [1.54, 1.807) is 11.3 Å². The van der Waals surface area contributed by atoms with Gasteiger partial charge in [0.2, 0.25) is 0 Å². The normalized spacial score (nSPS) is 16.4. The van der Waals surface area contributed by atoms with Crippen molar-refractivity contribution in [2.45, 2.75) is 64.1 Å². The van der Waals surface area contributed by atoms with Crippen molar-refractivity contribution in [3.63, 3.8) is 0 Å². The second-order valence-electron chi connectivity index (χ2n) is 7.10. The Kier molecular flexibility index (Phi) is 6.27. The van der Waals surface area contributed by atoms with Crippen molar-refractivity contribution in [3.8, 4) is 0 Å². The number of unbranched alkanes of at least 4 members (excludes halogenated alkanes) is 1. The number of benzene rings is 1. The highest BCUT2D eigenvalue weighted by Gasteiger charge is 2.30. The standard InChI is InChI=1S/C21H28N2OS/c1-3-4-6-16-8-10-17(11-9-16)20(19-7-5-14-25-19)22-15(2)21(24)23-18-12-13-18/h5,7-11,14-15,18,20,22H,3-4,6,12-13H2,1-2H3,(H,23,24)/p+1/t15-,20+/m1/s1. The molecule has 0 bridgehead atoms. The van der Waals surface area contributed by atoms with Crippen molar-refractivity contribution in [3.05, 3.63) is 57.8 Å². The molecule has 3 nitrogen and oxygen atoms in total. The molecule has 3 N–H and O–H groups in total. The SMILES string of the molecule is CCCCc1ccc([C@H]([NH2+][C@H](C)C(=O)NC2CC2)c2cccs2)cc1. The number of amides is 1. The highest BCUT2D eigenvalue weighted by Crippen LogP contribution is 2.24. The van der Waals surface area contributed by atoms with Gasteiger partial charge in [0.15, 0.2) is 6.04 Å². The van der Waals surface area contributed by atoms with Crippen LogP contribution in [0, 0.1) is 0 Å². The van der Waals surface area contributed by atoms with Crippen LogP contribution in [0.4, 0.5) is 0 Å². The first-order valence-corrected chi connectivity index (χ1v) is 10.3. The molecule has 0 saturated heterocycles. The van der Waals surface area contributed by atoms with E-state index in [2.05, 4.69) is 59.3 Å². The van der Waals surface area contributed by atoms with Crippen LogP contribution >= 0.6 is 11.3 Å². The van der Waals surface area contributed by atoms with Gasteiger partial charge in [-0.2, -0.15) is 0 Å². The van der Waals surface area contributed by atoms with Gasteiger partial charge >= 0.3 is 0 Å². The zero-order valence-electron chi connectivity index (χ0n) is 15.2. The van der Waals surface area contributed by atoms with Crippen molar-refractivity contribution in [2.75, 3.05) is 0 Å². The third kappa shape index (κ3) is 5.16. The number of nitrogens with one attached hydrogen (secondary N) is 1. The average molecular weight is 358 g/mol. The van der Waals surface area contributed by atoms with E-state index in [4.69, 9.17) is 0 Å². The number of carbonyl (C=O) groups excluding carboxylic acids is 1. The Morgan fingerprint density at radius 3 is 2.64 bits per heavy atom. The molecular weight excluding hydrogens is 328 g/mol. The maximum atomic E-state index is 12.4. The number of carbonyl (C=O) groups is 1. The minimum absolute atomic E-state index is 0.0903. The predicted octanol–water partition coefficient (Wildman–Crippen LogP) is 3.41. The molecule has 1 aliphatic carbocycles. The summed E-state index contributed by atoms with van der Waals surface area (Å²) in [6.45, 7) is 4.23. The molecule has 25 heavy (non-hydrogen) atoms. The van der Waals surface area contributed by atoms with Crippen LogP contribution in [-0.2, 0) is 11.2 Å². The van der Waals surface area contributed by atoms with Crippen molar-refractivity contribution < 1.29 is 10.1 Å². The molecular formula is C21H29N2OS+. The van der Waals surface area contributed by atoms with E-state index in [1.807, 2.05) is 6.92 Å². The summed E-state index contributed by atoms with van der Waals surface area (Å²) in [5.74, 6) is 0.156. The fourth-order valence-corrected chi connectivity index (χ4v) is 3.88. The zero-order valence-corrected chi connectivity index (χ0v) is 16.0. The van der Waals surface area contributed by atoms with Gasteiger partial charge in [-0.05, 0) is 49.6 Å². The molecule has 1 heterocycles. The maximum Gasteiger partial charge on any atom is 0.278 e. The highest BCUT2D eigenvalue weighted by atomic mass is 32.1. The molecule has 1 saturated carbocycles. The first-order chi connectivity index (χ1) is 12.2. The second kappa shape index (κ2) is 8.63. The first-order valence-electron chi connectivity index (χ1n) is 9.45. The van der Waals surface area contributed by atoms with Crippen molar-refractivity contribution in [1.82, 2.24) is 5.32 Å². The summed E-state index contributed by atoms with van der Waals surface area (Å²) in [5.41, 5.74) is 2.67. The van der Waals surface area contributed by atoms with Crippen molar-refractivity contribution in [1.29, 1.82) is 0 Å². The zero-order chi connectivity index (χ0) is 17.6. The number of aryl methyl sites for hydroxylation is 1. The molecule has 2 aromatic rings. The van der Waals surface area contributed by atoms with Crippen LogP contribution in [0.15, 0.2) is 41.8 Å². The van der Waals surface area contributed by atoms with E-state index in [0.717, 1.165) is 19.3 Å². The number of thiophene rings is 1. The summed E-state index contributed by atoms with van der Waals surface area (Å²) in [6, 6.07) is 13.7. The van der Waals surface area contributed by atoms with E-state index in [9.17, 15) is 4.79 Å². The number of hydrogen-bond donors (Lipinski definition) is 2. The number of quaternary nitrogens is 1. The first kappa shape index (κ1) is 18.2. The van der Waals surface area contributed by atoms with Gasteiger partial charge in [-0.15, -0.1) is 11.3 Å². The van der Waals surface area contributed by atoms with Crippen LogP contribution in [0.5, 0.6) is 0 Å². The second-order valence-corrected chi connectivity index (χ2v) is 8.08. The van der Waals surface area contributed by atoms with Gasteiger partial charge in [-0.3, -0.25) is 4.79 Å². The monoisotopic (exact) mass is 357 g/mol. The van der Waals surface area contributed by atoms with Crippen LogP contribution in [0.3, 0.4) is 0 Å². The van der Waals surface area contributed by atoms with E-state index in [-0.39, 0.29) is 18.0 Å². The van der Waals surface area contributed by atoms with Crippen LogP contribution in [-0.4, -0.2) is 18.0 Å². The molecule has 0 spiro atoms. The Bertz CT molecular complexity index is 662. The summed E-state index contributed by atoms with van der Waals surface area (Å²) < 4.78 is 0. The summed E-state index contributed by atoms with van der Waals surface area (Å²) in [4.78, 5) is 13.7. The molecule has 0 aliphatic heterocycles. The lowest BCUT2D eigenvalue weighted by Crippen LogP contribution is -2.92. The lowest BCUT2D eigenvalue weighted by atomic mass is 10.0. The Morgan fingerprint density at radius 1 is 1.28 bits per heavy atom. The smallest absolute Gasteiger partial charge is 0.278 e. The fraction of sp³-hybridized carbons (Fsp3) is 0.476. The molecule has 0 radical (unpaired) electrons. The maximum absolute atomic E-state index is 12.4. The molecule has 134 valence electrons. The topological polar surface area (TPSA) is 45.7 Å². The predicted molar refractivity (Wildman–Crippen MR) is 104 cm³/mol. The van der Waals surface area contributed by atoms with Crippen LogP contribution in [0.1, 0.15) is 61.6 Å². The molecule has 2 atom stereocenters. The molecule has 0 unspecified atom stereocenters. The van der Waals surface area contributed by atoms with Gasteiger partial charge in [-0.25, -0.2) is 0 Å². The minimum atomic E-state index is -0.0903. The van der Waals surface area contributed by atoms with Gasteiger partial charge in [0, 0.05) is 11.6 Å². The van der Waals surface area contributed by atoms with E-state index in [1.165, 1.54) is 28.8 Å². The van der Waals surface area contributed by atoms with Gasteiger partial charge < -0.3 is 10.6 Å².